The average molecular weight is 442 g/mol. The summed E-state index contributed by atoms with van der Waals surface area (Å²) < 4.78 is 16.7. The van der Waals surface area contributed by atoms with Gasteiger partial charge in [0.15, 0.2) is 5.01 Å². The van der Waals surface area contributed by atoms with Crippen molar-refractivity contribution in [3.63, 3.8) is 0 Å². The average Bonchev–Trinajstić information content (AvgIpc) is 3.38. The molecule has 3 heterocycles. The van der Waals surface area contributed by atoms with E-state index in [1.165, 1.54) is 20.2 Å². The zero-order valence-corrected chi connectivity index (χ0v) is 19.5. The first-order chi connectivity index (χ1) is 14.8. The van der Waals surface area contributed by atoms with Crippen LogP contribution >= 0.6 is 22.7 Å². The molecule has 2 aromatic carbocycles. The van der Waals surface area contributed by atoms with Crippen molar-refractivity contribution in [3.05, 3.63) is 65.7 Å². The highest BCUT2D eigenvalue weighted by molar-refractivity contribution is 7.27. The standard InChI is InChI=1S/C25H21BNO2S2/c1-24(2)25(3,4)29-26(28-24)21-20-16-12-8-9-13-18(16)30-19(20)14-17-22(21)31-23(27-17)15-10-6-5-7-11-15/h6-14H,1-4H3/q+1. The summed E-state index contributed by atoms with van der Waals surface area (Å²) in [5, 5.41) is 3.48. The molecule has 1 fully saturated rings. The Morgan fingerprint density at radius 1 is 1.00 bits per heavy atom. The van der Waals surface area contributed by atoms with Gasteiger partial charge in [0.25, 0.3) is 0 Å². The Hall–Kier alpha value is -2.34. The van der Waals surface area contributed by atoms with Crippen LogP contribution < -0.4 is 5.46 Å². The van der Waals surface area contributed by atoms with Gasteiger partial charge in [0.05, 0.1) is 33.6 Å². The van der Waals surface area contributed by atoms with Crippen molar-refractivity contribution in [2.75, 3.05) is 0 Å². The van der Waals surface area contributed by atoms with Gasteiger partial charge in [-0.25, -0.2) is 4.98 Å². The molecule has 0 spiro atoms. The summed E-state index contributed by atoms with van der Waals surface area (Å²) >= 11 is 3.51. The lowest BCUT2D eigenvalue weighted by molar-refractivity contribution is 0.00578. The molecule has 0 N–H and O–H groups in total. The maximum absolute atomic E-state index is 6.56. The zero-order chi connectivity index (χ0) is 21.4. The van der Waals surface area contributed by atoms with Gasteiger partial charge >= 0.3 is 7.12 Å². The fourth-order valence-corrected chi connectivity index (χ4v) is 6.41. The highest BCUT2D eigenvalue weighted by Gasteiger charge is 2.53. The van der Waals surface area contributed by atoms with Crippen molar-refractivity contribution in [1.82, 2.24) is 4.98 Å². The van der Waals surface area contributed by atoms with Crippen molar-refractivity contribution in [3.8, 4) is 0 Å². The molecule has 1 saturated heterocycles. The van der Waals surface area contributed by atoms with E-state index in [4.69, 9.17) is 14.3 Å². The fourth-order valence-electron chi connectivity index (χ4n) is 4.14. The van der Waals surface area contributed by atoms with Crippen LogP contribution in [0.2, 0.25) is 0 Å². The molecule has 3 nitrogen and oxygen atoms in total. The van der Waals surface area contributed by atoms with E-state index < -0.39 is 18.3 Å². The van der Waals surface area contributed by atoms with E-state index in [1.54, 1.807) is 22.7 Å². The third-order valence-electron chi connectivity index (χ3n) is 6.51. The van der Waals surface area contributed by atoms with Gasteiger partial charge in [-0.3, -0.25) is 0 Å². The molecule has 0 atom stereocenters. The first-order valence-electron chi connectivity index (χ1n) is 10.4. The summed E-state index contributed by atoms with van der Waals surface area (Å²) in [6.07, 6.45) is 11.1. The molecular weight excluding hydrogens is 421 g/mol. The van der Waals surface area contributed by atoms with E-state index in [2.05, 4.69) is 76.3 Å². The van der Waals surface area contributed by atoms with E-state index in [1.807, 2.05) is 12.2 Å². The third kappa shape index (κ3) is 2.87. The van der Waals surface area contributed by atoms with Crippen LogP contribution in [0, 0.1) is 6.08 Å². The number of hydrogen-bond donors (Lipinski definition) is 0. The molecule has 1 aliphatic heterocycles. The number of rotatable bonds is 2. The Morgan fingerprint density at radius 3 is 2.52 bits per heavy atom. The first-order valence-corrected chi connectivity index (χ1v) is 12.0. The number of nitrogens with zero attached hydrogens (tertiary/aromatic N) is 1. The van der Waals surface area contributed by atoms with Crippen LogP contribution in [0.5, 0.6) is 0 Å². The second-order valence-corrected chi connectivity index (χ2v) is 11.1. The van der Waals surface area contributed by atoms with E-state index in [-0.39, 0.29) is 0 Å². The summed E-state index contributed by atoms with van der Waals surface area (Å²) in [7, 11) is -0.438. The molecule has 2 aromatic heterocycles. The molecule has 4 aromatic rings. The van der Waals surface area contributed by atoms with E-state index >= 15 is 0 Å². The van der Waals surface area contributed by atoms with Gasteiger partial charge in [-0.1, -0.05) is 18.2 Å². The lowest BCUT2D eigenvalue weighted by Gasteiger charge is -2.32. The number of aromatic nitrogens is 1. The Morgan fingerprint density at radius 2 is 1.77 bits per heavy atom. The van der Waals surface area contributed by atoms with Gasteiger partial charge in [0.2, 0.25) is 0 Å². The van der Waals surface area contributed by atoms with Crippen molar-refractivity contribution in [2.24, 2.45) is 0 Å². The quantitative estimate of drug-likeness (QED) is 0.271. The molecule has 0 unspecified atom stereocenters. The Balaban J connectivity index is 1.67. The number of fused-ring (bicyclic) bond motifs is 4. The second-order valence-electron chi connectivity index (χ2n) is 9.01. The van der Waals surface area contributed by atoms with Crippen LogP contribution in [0.25, 0.3) is 36.0 Å². The van der Waals surface area contributed by atoms with Crippen molar-refractivity contribution >= 4 is 71.2 Å². The van der Waals surface area contributed by atoms with Crippen LogP contribution in [0.15, 0.2) is 54.6 Å². The van der Waals surface area contributed by atoms with Crippen LogP contribution in [0.1, 0.15) is 32.7 Å². The summed E-state index contributed by atoms with van der Waals surface area (Å²) in [5.74, 6) is 0. The number of benzene rings is 2. The SMILES string of the molecule is CC1(C)OB(c2c3sc(C4=CC=[C+]C=C4)nc3cc3sc4ccccc4c23)OC1(C)C. The van der Waals surface area contributed by atoms with Crippen LogP contribution in [0.3, 0.4) is 0 Å². The highest BCUT2D eigenvalue weighted by atomic mass is 32.1. The van der Waals surface area contributed by atoms with Crippen LogP contribution in [0.4, 0.5) is 0 Å². The van der Waals surface area contributed by atoms with Crippen molar-refractivity contribution < 1.29 is 9.31 Å². The molecule has 0 saturated carbocycles. The Labute approximate surface area is 189 Å². The first kappa shape index (κ1) is 19.4. The van der Waals surface area contributed by atoms with Gasteiger partial charge in [-0.15, -0.1) is 22.7 Å². The monoisotopic (exact) mass is 442 g/mol. The minimum atomic E-state index is -0.438. The Bertz CT molecular complexity index is 1440. The Kier molecular flexibility index (Phi) is 4.11. The lowest BCUT2D eigenvalue weighted by atomic mass is 9.76. The fraction of sp³-hybridized carbons (Fsp3) is 0.240. The number of thiophene rings is 1. The molecule has 0 bridgehead atoms. The molecule has 31 heavy (non-hydrogen) atoms. The maximum Gasteiger partial charge on any atom is 0.497 e. The maximum atomic E-state index is 6.56. The summed E-state index contributed by atoms with van der Waals surface area (Å²) in [4.78, 5) is 5.01. The van der Waals surface area contributed by atoms with Crippen molar-refractivity contribution in [2.45, 2.75) is 38.9 Å². The van der Waals surface area contributed by atoms with E-state index in [0.29, 0.717) is 0 Å². The predicted molar refractivity (Wildman–Crippen MR) is 133 cm³/mol. The largest absolute Gasteiger partial charge is 0.497 e. The van der Waals surface area contributed by atoms with Gasteiger partial charge in [0, 0.05) is 31.7 Å². The topological polar surface area (TPSA) is 31.4 Å². The molecule has 6 rings (SSSR count). The van der Waals surface area contributed by atoms with Crippen molar-refractivity contribution in [1.29, 1.82) is 0 Å². The second kappa shape index (κ2) is 6.58. The molecule has 0 amide bonds. The number of thiazole rings is 1. The van der Waals surface area contributed by atoms with Gasteiger partial charge in [-0.05, 0) is 39.8 Å². The predicted octanol–water partition coefficient (Wildman–Crippen LogP) is 6.28. The molecule has 152 valence electrons. The molecule has 2 aliphatic rings. The van der Waals surface area contributed by atoms with Gasteiger partial charge in [0.1, 0.15) is 17.7 Å². The van der Waals surface area contributed by atoms with E-state index in [9.17, 15) is 0 Å². The summed E-state index contributed by atoms with van der Waals surface area (Å²) in [6, 6.07) is 10.8. The van der Waals surface area contributed by atoms with Gasteiger partial charge in [-0.2, -0.15) is 0 Å². The minimum Gasteiger partial charge on any atom is -0.399 e. The number of allylic oxidation sites excluding steroid dienone is 6. The smallest absolute Gasteiger partial charge is 0.399 e. The summed E-state index contributed by atoms with van der Waals surface area (Å²) in [5.41, 5.74) is 2.40. The third-order valence-corrected chi connectivity index (χ3v) is 8.78. The summed E-state index contributed by atoms with van der Waals surface area (Å²) in [6.45, 7) is 8.42. The molecule has 1 aliphatic carbocycles. The van der Waals surface area contributed by atoms with E-state index in [0.717, 1.165) is 26.3 Å². The molecule has 6 heteroatoms. The molecule has 0 radical (unpaired) electrons. The highest BCUT2D eigenvalue weighted by Crippen LogP contribution is 2.42. The normalized spacial score (nSPS) is 19.5. The van der Waals surface area contributed by atoms with Crippen LogP contribution in [-0.4, -0.2) is 23.3 Å². The minimum absolute atomic E-state index is 0.402. The van der Waals surface area contributed by atoms with Gasteiger partial charge < -0.3 is 9.31 Å². The lowest BCUT2D eigenvalue weighted by Crippen LogP contribution is -2.41. The molecular formula is C25H21BNO2S2+. The van der Waals surface area contributed by atoms with Crippen LogP contribution in [-0.2, 0) is 9.31 Å². The number of hydrogen-bond acceptors (Lipinski definition) is 5. The zero-order valence-electron chi connectivity index (χ0n) is 17.9.